The number of rotatable bonds is 3. The van der Waals surface area contributed by atoms with Crippen molar-refractivity contribution in [3.63, 3.8) is 0 Å². The molecule has 0 saturated carbocycles. The van der Waals surface area contributed by atoms with E-state index in [-0.39, 0.29) is 11.8 Å². The molecule has 0 aliphatic rings. The molecule has 1 heterocycles. The van der Waals surface area contributed by atoms with E-state index in [0.29, 0.717) is 0 Å². The highest BCUT2D eigenvalue weighted by molar-refractivity contribution is 6.01. The molecule has 0 saturated heterocycles. The molecule has 1 amide bonds. The number of hydrogen-bond acceptors (Lipinski definition) is 2. The van der Waals surface area contributed by atoms with Crippen LogP contribution in [0.4, 0.5) is 5.69 Å². The molecular weight excluding hydrogens is 212 g/mol. The largest absolute Gasteiger partial charge is 0.324 e. The number of aromatic nitrogens is 1. The molecule has 1 unspecified atom stereocenters. The van der Waals surface area contributed by atoms with Crippen LogP contribution in [0.25, 0.3) is 10.9 Å². The molecule has 0 bridgehead atoms. The summed E-state index contributed by atoms with van der Waals surface area (Å²) in [6, 6.07) is 9.56. The summed E-state index contributed by atoms with van der Waals surface area (Å²) in [7, 11) is 0. The van der Waals surface area contributed by atoms with Crippen LogP contribution in [-0.2, 0) is 4.79 Å². The third-order valence-electron chi connectivity index (χ3n) is 2.66. The molecule has 1 aromatic carbocycles. The molecule has 0 spiro atoms. The van der Waals surface area contributed by atoms with E-state index in [9.17, 15) is 4.79 Å². The maximum absolute atomic E-state index is 11.8. The average Bonchev–Trinajstić information content (AvgIpc) is 2.38. The SMILES string of the molecule is C=CC(C)C(=O)Nc1cccc2cccnc12. The van der Waals surface area contributed by atoms with Crippen LogP contribution in [0.15, 0.2) is 49.2 Å². The normalized spacial score (nSPS) is 12.1. The first-order valence-electron chi connectivity index (χ1n) is 5.49. The van der Waals surface area contributed by atoms with Crippen LogP contribution in [0.5, 0.6) is 0 Å². The Morgan fingerprint density at radius 1 is 1.41 bits per heavy atom. The molecule has 2 rings (SSSR count). The standard InChI is InChI=1S/C14H14N2O/c1-3-10(2)14(17)16-12-8-4-6-11-7-5-9-15-13(11)12/h3-10H,1H2,2H3,(H,16,17). The van der Waals surface area contributed by atoms with Gasteiger partial charge in [-0.2, -0.15) is 0 Å². The van der Waals surface area contributed by atoms with E-state index < -0.39 is 0 Å². The molecule has 0 fully saturated rings. The molecule has 1 atom stereocenters. The Kier molecular flexibility index (Phi) is 3.19. The summed E-state index contributed by atoms with van der Waals surface area (Å²) in [4.78, 5) is 16.1. The van der Waals surface area contributed by atoms with Crippen molar-refractivity contribution in [3.8, 4) is 0 Å². The van der Waals surface area contributed by atoms with Crippen molar-refractivity contribution in [3.05, 3.63) is 49.2 Å². The number of anilines is 1. The number of pyridine rings is 1. The van der Waals surface area contributed by atoms with Crippen LogP contribution < -0.4 is 5.32 Å². The third-order valence-corrected chi connectivity index (χ3v) is 2.66. The minimum atomic E-state index is -0.214. The first-order chi connectivity index (χ1) is 8.22. The lowest BCUT2D eigenvalue weighted by Gasteiger charge is -2.10. The predicted molar refractivity (Wildman–Crippen MR) is 69.7 cm³/mol. The summed E-state index contributed by atoms with van der Waals surface area (Å²) in [5.41, 5.74) is 1.54. The highest BCUT2D eigenvalue weighted by Crippen LogP contribution is 2.21. The molecule has 0 aliphatic heterocycles. The van der Waals surface area contributed by atoms with E-state index in [1.165, 1.54) is 0 Å². The second-order valence-corrected chi connectivity index (χ2v) is 3.89. The molecule has 3 heteroatoms. The van der Waals surface area contributed by atoms with Crippen molar-refractivity contribution in [2.75, 3.05) is 5.32 Å². The fourth-order valence-corrected chi connectivity index (χ4v) is 1.56. The zero-order chi connectivity index (χ0) is 12.3. The minimum absolute atomic E-state index is 0.0712. The van der Waals surface area contributed by atoms with Gasteiger partial charge in [0.25, 0.3) is 0 Å². The van der Waals surface area contributed by atoms with Gasteiger partial charge in [-0.05, 0) is 12.1 Å². The Morgan fingerprint density at radius 3 is 2.94 bits per heavy atom. The smallest absolute Gasteiger partial charge is 0.231 e. The summed E-state index contributed by atoms with van der Waals surface area (Å²) in [5.74, 6) is -0.285. The van der Waals surface area contributed by atoms with Crippen LogP contribution in [0.1, 0.15) is 6.92 Å². The second-order valence-electron chi connectivity index (χ2n) is 3.89. The van der Waals surface area contributed by atoms with Gasteiger partial charge in [-0.3, -0.25) is 9.78 Å². The first-order valence-corrected chi connectivity index (χ1v) is 5.49. The van der Waals surface area contributed by atoms with E-state index in [1.54, 1.807) is 19.2 Å². The van der Waals surface area contributed by atoms with Crippen molar-refractivity contribution < 1.29 is 4.79 Å². The number of carbonyl (C=O) groups excluding carboxylic acids is 1. The van der Waals surface area contributed by atoms with Gasteiger partial charge < -0.3 is 5.32 Å². The van der Waals surface area contributed by atoms with Gasteiger partial charge in [-0.25, -0.2) is 0 Å². The van der Waals surface area contributed by atoms with Gasteiger partial charge in [0.2, 0.25) is 5.91 Å². The quantitative estimate of drug-likeness (QED) is 0.817. The van der Waals surface area contributed by atoms with Gasteiger partial charge in [0, 0.05) is 11.6 Å². The summed E-state index contributed by atoms with van der Waals surface area (Å²) >= 11 is 0. The van der Waals surface area contributed by atoms with E-state index >= 15 is 0 Å². The Labute approximate surface area is 100 Å². The number of para-hydroxylation sites is 1. The zero-order valence-corrected chi connectivity index (χ0v) is 9.68. The van der Waals surface area contributed by atoms with Gasteiger partial charge in [-0.1, -0.05) is 31.2 Å². The van der Waals surface area contributed by atoms with Crippen molar-refractivity contribution in [1.29, 1.82) is 0 Å². The number of nitrogens with zero attached hydrogens (tertiary/aromatic N) is 1. The van der Waals surface area contributed by atoms with Crippen molar-refractivity contribution >= 4 is 22.5 Å². The van der Waals surface area contributed by atoms with E-state index in [0.717, 1.165) is 16.6 Å². The Hall–Kier alpha value is -2.16. The lowest BCUT2D eigenvalue weighted by molar-refractivity contribution is -0.118. The molecule has 3 nitrogen and oxygen atoms in total. The van der Waals surface area contributed by atoms with Crippen molar-refractivity contribution in [2.45, 2.75) is 6.92 Å². The Balaban J connectivity index is 2.36. The van der Waals surface area contributed by atoms with Gasteiger partial charge in [0.15, 0.2) is 0 Å². The van der Waals surface area contributed by atoms with E-state index in [4.69, 9.17) is 0 Å². The van der Waals surface area contributed by atoms with Crippen LogP contribution in [0, 0.1) is 5.92 Å². The number of fused-ring (bicyclic) bond motifs is 1. The topological polar surface area (TPSA) is 42.0 Å². The molecule has 0 radical (unpaired) electrons. The monoisotopic (exact) mass is 226 g/mol. The van der Waals surface area contributed by atoms with Crippen molar-refractivity contribution in [1.82, 2.24) is 4.98 Å². The van der Waals surface area contributed by atoms with Crippen LogP contribution in [0.2, 0.25) is 0 Å². The van der Waals surface area contributed by atoms with Crippen LogP contribution in [-0.4, -0.2) is 10.9 Å². The maximum Gasteiger partial charge on any atom is 0.231 e. The Morgan fingerprint density at radius 2 is 2.18 bits per heavy atom. The van der Waals surface area contributed by atoms with Gasteiger partial charge >= 0.3 is 0 Å². The summed E-state index contributed by atoms with van der Waals surface area (Å²) in [5, 5.41) is 3.87. The number of carbonyl (C=O) groups is 1. The second kappa shape index (κ2) is 4.78. The van der Waals surface area contributed by atoms with Gasteiger partial charge in [0.05, 0.1) is 17.1 Å². The third kappa shape index (κ3) is 2.33. The van der Waals surface area contributed by atoms with Crippen LogP contribution >= 0.6 is 0 Å². The molecule has 86 valence electrons. The molecule has 1 N–H and O–H groups in total. The maximum atomic E-state index is 11.8. The highest BCUT2D eigenvalue weighted by atomic mass is 16.1. The molecular formula is C14H14N2O. The summed E-state index contributed by atoms with van der Waals surface area (Å²) in [6.07, 6.45) is 3.34. The minimum Gasteiger partial charge on any atom is -0.324 e. The average molecular weight is 226 g/mol. The van der Waals surface area contributed by atoms with Crippen molar-refractivity contribution in [2.24, 2.45) is 5.92 Å². The van der Waals surface area contributed by atoms with E-state index in [1.807, 2.05) is 30.3 Å². The number of nitrogens with one attached hydrogen (secondary N) is 1. The number of benzene rings is 1. The number of hydrogen-bond donors (Lipinski definition) is 1. The first kappa shape index (κ1) is 11.3. The van der Waals surface area contributed by atoms with Gasteiger partial charge in [-0.15, -0.1) is 6.58 Å². The Bertz CT molecular complexity index is 558. The molecule has 1 aromatic heterocycles. The molecule has 0 aliphatic carbocycles. The van der Waals surface area contributed by atoms with Gasteiger partial charge in [0.1, 0.15) is 0 Å². The zero-order valence-electron chi connectivity index (χ0n) is 9.68. The number of amides is 1. The fourth-order valence-electron chi connectivity index (χ4n) is 1.56. The highest BCUT2D eigenvalue weighted by Gasteiger charge is 2.10. The molecule has 17 heavy (non-hydrogen) atoms. The lowest BCUT2D eigenvalue weighted by Crippen LogP contribution is -2.18. The fraction of sp³-hybridized carbons (Fsp3) is 0.143. The summed E-state index contributed by atoms with van der Waals surface area (Å²) < 4.78 is 0. The molecule has 2 aromatic rings. The lowest BCUT2D eigenvalue weighted by atomic mass is 10.1. The van der Waals surface area contributed by atoms with E-state index in [2.05, 4.69) is 16.9 Å². The summed E-state index contributed by atoms with van der Waals surface area (Å²) in [6.45, 7) is 5.42. The van der Waals surface area contributed by atoms with Crippen LogP contribution in [0.3, 0.4) is 0 Å². The predicted octanol–water partition coefficient (Wildman–Crippen LogP) is 3.00.